The molecule has 1 aromatic carbocycles. The van der Waals surface area contributed by atoms with Gasteiger partial charge in [0.15, 0.2) is 0 Å². The van der Waals surface area contributed by atoms with Gasteiger partial charge in [0.1, 0.15) is 0 Å². The molecule has 0 spiro atoms. The van der Waals surface area contributed by atoms with Crippen LogP contribution in [0.5, 0.6) is 0 Å². The third kappa shape index (κ3) is 5.76. The van der Waals surface area contributed by atoms with Crippen LogP contribution in [0.4, 0.5) is 5.69 Å². The Morgan fingerprint density at radius 2 is 1.84 bits per heavy atom. The second-order valence-corrected chi connectivity index (χ2v) is 6.22. The second-order valence-electron chi connectivity index (χ2n) is 6.22. The van der Waals surface area contributed by atoms with Crippen molar-refractivity contribution in [2.75, 3.05) is 12.3 Å². The number of rotatable bonds is 5. The predicted molar refractivity (Wildman–Crippen MR) is 96.0 cm³/mol. The molecule has 0 fully saturated rings. The van der Waals surface area contributed by atoms with Gasteiger partial charge in [-0.1, -0.05) is 36.4 Å². The molecule has 25 heavy (non-hydrogen) atoms. The highest BCUT2D eigenvalue weighted by Crippen LogP contribution is 2.38. The van der Waals surface area contributed by atoms with E-state index in [2.05, 4.69) is 0 Å². The molecule has 0 amide bonds. The third-order valence-electron chi connectivity index (χ3n) is 3.92. The van der Waals surface area contributed by atoms with Gasteiger partial charge >= 0.3 is 11.9 Å². The van der Waals surface area contributed by atoms with E-state index in [0.717, 1.165) is 5.69 Å². The van der Waals surface area contributed by atoms with Crippen LogP contribution in [-0.2, 0) is 14.3 Å². The Labute approximate surface area is 147 Å². The molecule has 1 aliphatic carbocycles. The van der Waals surface area contributed by atoms with Gasteiger partial charge in [-0.25, -0.2) is 4.79 Å². The molecule has 0 aliphatic heterocycles. The molecule has 6 heteroatoms. The number of carboxylic acid groups (broad SMARTS) is 2. The zero-order valence-electron chi connectivity index (χ0n) is 14.7. The SMILES string of the molecule is CC(C)OCC1C(C(=O)O)=CC=CC1(C)C(=O)O.Nc1ccccc1. The van der Waals surface area contributed by atoms with Crippen molar-refractivity contribution in [3.63, 3.8) is 0 Å². The number of allylic oxidation sites excluding steroid dienone is 2. The summed E-state index contributed by atoms with van der Waals surface area (Å²) in [6.07, 6.45) is 4.34. The van der Waals surface area contributed by atoms with E-state index in [0.29, 0.717) is 0 Å². The van der Waals surface area contributed by atoms with Gasteiger partial charge in [0, 0.05) is 17.2 Å². The number of nitrogens with two attached hydrogens (primary N) is 1. The maximum absolute atomic E-state index is 11.4. The van der Waals surface area contributed by atoms with E-state index in [4.69, 9.17) is 15.6 Å². The quantitative estimate of drug-likeness (QED) is 0.706. The highest BCUT2D eigenvalue weighted by atomic mass is 16.5. The van der Waals surface area contributed by atoms with Crippen LogP contribution in [-0.4, -0.2) is 34.9 Å². The van der Waals surface area contributed by atoms with Gasteiger partial charge in [-0.3, -0.25) is 4.79 Å². The van der Waals surface area contributed by atoms with E-state index >= 15 is 0 Å². The molecule has 0 saturated heterocycles. The van der Waals surface area contributed by atoms with Crippen molar-refractivity contribution in [2.45, 2.75) is 26.9 Å². The fourth-order valence-corrected chi connectivity index (χ4v) is 2.35. The number of carboxylic acids is 2. The van der Waals surface area contributed by atoms with Gasteiger partial charge in [-0.05, 0) is 32.9 Å². The molecule has 0 heterocycles. The molecule has 2 unspecified atom stereocenters. The average molecular weight is 347 g/mol. The van der Waals surface area contributed by atoms with Crippen LogP contribution in [0.1, 0.15) is 20.8 Å². The first-order valence-electron chi connectivity index (χ1n) is 7.96. The number of carbonyl (C=O) groups is 2. The second kappa shape index (κ2) is 9.03. The summed E-state index contributed by atoms with van der Waals surface area (Å²) >= 11 is 0. The number of ether oxygens (including phenoxy) is 1. The van der Waals surface area contributed by atoms with E-state index in [1.165, 1.54) is 25.2 Å². The van der Waals surface area contributed by atoms with E-state index in [-0.39, 0.29) is 18.3 Å². The molecule has 136 valence electrons. The molecule has 1 aromatic rings. The largest absolute Gasteiger partial charge is 0.481 e. The Kier molecular flexibility index (Phi) is 7.39. The molecule has 0 aromatic heterocycles. The Hall–Kier alpha value is -2.60. The molecule has 6 nitrogen and oxygen atoms in total. The molecule has 2 rings (SSSR count). The first-order valence-corrected chi connectivity index (χ1v) is 7.96. The first kappa shape index (κ1) is 20.4. The number of nitrogen functional groups attached to an aromatic ring is 1. The lowest BCUT2D eigenvalue weighted by Crippen LogP contribution is -2.41. The lowest BCUT2D eigenvalue weighted by molar-refractivity contribution is -0.149. The van der Waals surface area contributed by atoms with Crippen molar-refractivity contribution in [3.8, 4) is 0 Å². The topological polar surface area (TPSA) is 110 Å². The summed E-state index contributed by atoms with van der Waals surface area (Å²) in [7, 11) is 0. The van der Waals surface area contributed by atoms with E-state index in [1.807, 2.05) is 44.2 Å². The van der Waals surface area contributed by atoms with Crippen LogP contribution in [0.3, 0.4) is 0 Å². The summed E-state index contributed by atoms with van der Waals surface area (Å²) in [6.45, 7) is 5.22. The standard InChI is InChI=1S/C13H18O5.C6H7N/c1-8(2)18-7-10-9(11(14)15)5-4-6-13(10,3)12(16)17;7-6-4-2-1-3-5-6/h4-6,8,10H,7H2,1-3H3,(H,14,15)(H,16,17);1-5H,7H2. The zero-order chi connectivity index (χ0) is 19.0. The van der Waals surface area contributed by atoms with Gasteiger partial charge in [0.2, 0.25) is 0 Å². The average Bonchev–Trinajstić information content (AvgIpc) is 2.54. The van der Waals surface area contributed by atoms with Crippen molar-refractivity contribution in [1.29, 1.82) is 0 Å². The highest BCUT2D eigenvalue weighted by Gasteiger charge is 2.44. The summed E-state index contributed by atoms with van der Waals surface area (Å²) < 4.78 is 5.41. The van der Waals surface area contributed by atoms with Crippen LogP contribution in [0.2, 0.25) is 0 Å². The van der Waals surface area contributed by atoms with Crippen LogP contribution >= 0.6 is 0 Å². The van der Waals surface area contributed by atoms with Crippen molar-refractivity contribution in [2.24, 2.45) is 11.3 Å². The van der Waals surface area contributed by atoms with E-state index in [1.54, 1.807) is 0 Å². The number of aliphatic carboxylic acids is 2. The van der Waals surface area contributed by atoms with Gasteiger partial charge in [0.05, 0.1) is 18.1 Å². The Morgan fingerprint density at radius 3 is 2.24 bits per heavy atom. The number of anilines is 1. The Bertz CT molecular complexity index is 651. The molecule has 0 saturated carbocycles. The van der Waals surface area contributed by atoms with Crippen molar-refractivity contribution in [3.05, 3.63) is 54.1 Å². The van der Waals surface area contributed by atoms with Crippen LogP contribution < -0.4 is 5.73 Å². The number of hydrogen-bond donors (Lipinski definition) is 3. The van der Waals surface area contributed by atoms with Crippen LogP contribution in [0.15, 0.2) is 54.1 Å². The molecule has 1 aliphatic rings. The summed E-state index contributed by atoms with van der Waals surface area (Å²) in [5, 5.41) is 18.4. The van der Waals surface area contributed by atoms with Crippen molar-refractivity contribution < 1.29 is 24.5 Å². The van der Waals surface area contributed by atoms with Gasteiger partial charge < -0.3 is 20.7 Å². The summed E-state index contributed by atoms with van der Waals surface area (Å²) in [5.41, 5.74) is 5.00. The van der Waals surface area contributed by atoms with E-state index < -0.39 is 23.3 Å². The molecule has 4 N–H and O–H groups in total. The molecular weight excluding hydrogens is 322 g/mol. The van der Waals surface area contributed by atoms with Gasteiger partial charge in [0.25, 0.3) is 0 Å². The zero-order valence-corrected chi connectivity index (χ0v) is 14.7. The normalized spacial score (nSPS) is 21.9. The van der Waals surface area contributed by atoms with Gasteiger partial charge in [-0.2, -0.15) is 0 Å². The van der Waals surface area contributed by atoms with Crippen molar-refractivity contribution >= 4 is 17.6 Å². The summed E-state index contributed by atoms with van der Waals surface area (Å²) in [6, 6.07) is 9.49. The predicted octanol–water partition coefficient (Wildman–Crippen LogP) is 2.97. The summed E-state index contributed by atoms with van der Waals surface area (Å²) in [5.74, 6) is -2.85. The van der Waals surface area contributed by atoms with Crippen LogP contribution in [0, 0.1) is 11.3 Å². The fourth-order valence-electron chi connectivity index (χ4n) is 2.35. The third-order valence-corrected chi connectivity index (χ3v) is 3.92. The summed E-state index contributed by atoms with van der Waals surface area (Å²) in [4.78, 5) is 22.5. The molecule has 2 atom stereocenters. The lowest BCUT2D eigenvalue weighted by Gasteiger charge is -2.34. The fraction of sp³-hybridized carbons (Fsp3) is 0.368. The Morgan fingerprint density at radius 1 is 1.24 bits per heavy atom. The minimum absolute atomic E-state index is 0.0723. The molecular formula is C19H25NO5. The van der Waals surface area contributed by atoms with Crippen LogP contribution in [0.25, 0.3) is 0 Å². The maximum Gasteiger partial charge on any atom is 0.331 e. The van der Waals surface area contributed by atoms with Crippen molar-refractivity contribution in [1.82, 2.24) is 0 Å². The minimum Gasteiger partial charge on any atom is -0.481 e. The molecule has 0 radical (unpaired) electrons. The number of hydrogen-bond acceptors (Lipinski definition) is 4. The van der Waals surface area contributed by atoms with E-state index in [9.17, 15) is 14.7 Å². The number of para-hydroxylation sites is 1. The first-order chi connectivity index (χ1) is 11.7. The van der Waals surface area contributed by atoms with Gasteiger partial charge in [-0.15, -0.1) is 0 Å². The lowest BCUT2D eigenvalue weighted by atomic mass is 9.70. The minimum atomic E-state index is -1.25. The smallest absolute Gasteiger partial charge is 0.331 e. The Balaban J connectivity index is 0.000000370. The maximum atomic E-state index is 11.4. The monoisotopic (exact) mass is 347 g/mol. The number of benzene rings is 1. The highest BCUT2D eigenvalue weighted by molar-refractivity contribution is 5.91. The molecule has 0 bridgehead atoms.